The van der Waals surface area contributed by atoms with Crippen LogP contribution in [-0.4, -0.2) is 35.1 Å². The Morgan fingerprint density at radius 1 is 1.28 bits per heavy atom. The summed E-state index contributed by atoms with van der Waals surface area (Å²) in [5.41, 5.74) is 0.925. The second-order valence-electron chi connectivity index (χ2n) is 5.90. The highest BCUT2D eigenvalue weighted by Crippen LogP contribution is 2.14. The molecule has 6 heteroatoms. The van der Waals surface area contributed by atoms with E-state index in [2.05, 4.69) is 0 Å². The van der Waals surface area contributed by atoms with E-state index in [1.807, 2.05) is 13.8 Å². The van der Waals surface area contributed by atoms with Crippen LogP contribution in [0.2, 0.25) is 0 Å². The van der Waals surface area contributed by atoms with Crippen molar-refractivity contribution in [3.8, 4) is 0 Å². The van der Waals surface area contributed by atoms with Crippen molar-refractivity contribution < 1.29 is 13.9 Å². The van der Waals surface area contributed by atoms with E-state index in [9.17, 15) is 14.0 Å². The lowest BCUT2D eigenvalue weighted by Crippen LogP contribution is -2.41. The van der Waals surface area contributed by atoms with E-state index in [-0.39, 0.29) is 23.3 Å². The second kappa shape index (κ2) is 8.58. The molecular formula is C19H23FN2O3. The fourth-order valence-electron chi connectivity index (χ4n) is 2.61. The molecule has 25 heavy (non-hydrogen) atoms. The van der Waals surface area contributed by atoms with Crippen LogP contribution in [-0.2, 0) is 17.8 Å². The number of carbonyl (C=O) groups excluding carboxylic acids is 1. The number of aryl methyl sites for hydroxylation is 1. The zero-order valence-corrected chi connectivity index (χ0v) is 14.7. The third-order valence-electron chi connectivity index (χ3n) is 4.05. The van der Waals surface area contributed by atoms with Gasteiger partial charge in [-0.15, -0.1) is 0 Å². The van der Waals surface area contributed by atoms with Gasteiger partial charge in [0.1, 0.15) is 5.82 Å². The number of methoxy groups -OCH3 is 1. The van der Waals surface area contributed by atoms with Gasteiger partial charge >= 0.3 is 0 Å². The molecule has 0 aliphatic rings. The van der Waals surface area contributed by atoms with Gasteiger partial charge in [-0.3, -0.25) is 9.59 Å². The number of benzene rings is 1. The summed E-state index contributed by atoms with van der Waals surface area (Å²) < 4.78 is 19.8. The number of ether oxygens (including phenoxy) is 1. The smallest absolute Gasteiger partial charge is 0.254 e. The Morgan fingerprint density at radius 2 is 1.96 bits per heavy atom. The van der Waals surface area contributed by atoms with E-state index in [1.165, 1.54) is 22.8 Å². The Bertz CT molecular complexity index is 771. The molecule has 1 amide bonds. The van der Waals surface area contributed by atoms with Crippen molar-refractivity contribution >= 4 is 5.91 Å². The molecule has 0 spiro atoms. The van der Waals surface area contributed by atoms with Crippen molar-refractivity contribution in [1.82, 2.24) is 9.47 Å². The molecule has 0 radical (unpaired) electrons. The summed E-state index contributed by atoms with van der Waals surface area (Å²) in [5, 5.41) is 0. The summed E-state index contributed by atoms with van der Waals surface area (Å²) in [7, 11) is 1.57. The van der Waals surface area contributed by atoms with Crippen molar-refractivity contribution in [2.24, 2.45) is 0 Å². The SMILES string of the molecule is CCn1ccc(C(=O)N(Cc2ccc(F)cc2)C(C)COC)cc1=O. The first-order chi connectivity index (χ1) is 12.0. The number of amides is 1. The van der Waals surface area contributed by atoms with Gasteiger partial charge in [0.25, 0.3) is 11.5 Å². The van der Waals surface area contributed by atoms with Gasteiger partial charge in [-0.05, 0) is 37.6 Å². The van der Waals surface area contributed by atoms with Crippen molar-refractivity contribution in [2.45, 2.75) is 33.0 Å². The maximum Gasteiger partial charge on any atom is 0.254 e. The maximum absolute atomic E-state index is 13.1. The molecule has 5 nitrogen and oxygen atoms in total. The van der Waals surface area contributed by atoms with Crippen LogP contribution in [0.3, 0.4) is 0 Å². The average molecular weight is 346 g/mol. The molecule has 0 fully saturated rings. The van der Waals surface area contributed by atoms with Crippen LogP contribution >= 0.6 is 0 Å². The molecule has 1 atom stereocenters. The molecule has 1 heterocycles. The van der Waals surface area contributed by atoms with Crippen LogP contribution in [0.15, 0.2) is 47.4 Å². The molecule has 1 aromatic heterocycles. The van der Waals surface area contributed by atoms with Crippen LogP contribution in [0.4, 0.5) is 4.39 Å². The zero-order chi connectivity index (χ0) is 18.4. The van der Waals surface area contributed by atoms with E-state index >= 15 is 0 Å². The van der Waals surface area contributed by atoms with Crippen molar-refractivity contribution in [2.75, 3.05) is 13.7 Å². The van der Waals surface area contributed by atoms with Crippen LogP contribution in [0.5, 0.6) is 0 Å². The molecular weight excluding hydrogens is 323 g/mol. The minimum atomic E-state index is -0.324. The monoisotopic (exact) mass is 346 g/mol. The topological polar surface area (TPSA) is 51.5 Å². The van der Waals surface area contributed by atoms with E-state index in [4.69, 9.17) is 4.74 Å². The highest BCUT2D eigenvalue weighted by Gasteiger charge is 2.22. The third-order valence-corrected chi connectivity index (χ3v) is 4.05. The Morgan fingerprint density at radius 3 is 2.52 bits per heavy atom. The summed E-state index contributed by atoms with van der Waals surface area (Å²) in [5.74, 6) is -0.580. The van der Waals surface area contributed by atoms with Gasteiger partial charge in [0, 0.05) is 38.0 Å². The zero-order valence-electron chi connectivity index (χ0n) is 14.7. The Hall–Kier alpha value is -2.47. The lowest BCUT2D eigenvalue weighted by molar-refractivity contribution is 0.0541. The summed E-state index contributed by atoms with van der Waals surface area (Å²) in [6.45, 7) is 4.95. The standard InChI is InChI=1S/C19H23FN2O3/c1-4-21-10-9-16(11-18(21)23)19(24)22(14(2)13-25-3)12-15-5-7-17(20)8-6-15/h5-11,14H,4,12-13H2,1-3H3. The van der Waals surface area contributed by atoms with Gasteiger partial charge in [-0.2, -0.15) is 0 Å². The van der Waals surface area contributed by atoms with Crippen molar-refractivity contribution in [3.05, 3.63) is 69.9 Å². The summed E-state index contributed by atoms with van der Waals surface area (Å²) in [4.78, 5) is 26.6. The first-order valence-electron chi connectivity index (χ1n) is 8.21. The molecule has 2 aromatic rings. The highest BCUT2D eigenvalue weighted by molar-refractivity contribution is 5.94. The Kier molecular flexibility index (Phi) is 6.47. The third kappa shape index (κ3) is 4.76. The number of hydrogen-bond donors (Lipinski definition) is 0. The quantitative estimate of drug-likeness (QED) is 0.774. The second-order valence-corrected chi connectivity index (χ2v) is 5.90. The van der Waals surface area contributed by atoms with Crippen molar-refractivity contribution in [3.63, 3.8) is 0 Å². The molecule has 0 aliphatic heterocycles. The highest BCUT2D eigenvalue weighted by atomic mass is 19.1. The first-order valence-corrected chi connectivity index (χ1v) is 8.21. The molecule has 0 bridgehead atoms. The predicted molar refractivity (Wildman–Crippen MR) is 94.0 cm³/mol. The van der Waals surface area contributed by atoms with Crippen LogP contribution in [0, 0.1) is 5.82 Å². The summed E-state index contributed by atoms with van der Waals surface area (Å²) >= 11 is 0. The number of carbonyl (C=O) groups is 1. The minimum absolute atomic E-state index is 0.198. The number of halogens is 1. The fourth-order valence-corrected chi connectivity index (χ4v) is 2.61. The molecule has 0 N–H and O–H groups in total. The Balaban J connectivity index is 2.30. The number of rotatable bonds is 7. The van der Waals surface area contributed by atoms with Gasteiger partial charge in [0.15, 0.2) is 0 Å². The van der Waals surface area contributed by atoms with Gasteiger partial charge in [-0.1, -0.05) is 12.1 Å². The number of nitrogens with zero attached hydrogens (tertiary/aromatic N) is 2. The lowest BCUT2D eigenvalue weighted by atomic mass is 10.1. The maximum atomic E-state index is 13.1. The van der Waals surface area contributed by atoms with Gasteiger partial charge in [0.2, 0.25) is 0 Å². The molecule has 0 saturated heterocycles. The van der Waals surface area contributed by atoms with E-state index in [0.29, 0.717) is 25.3 Å². The van der Waals surface area contributed by atoms with Gasteiger partial charge in [0.05, 0.1) is 12.6 Å². The molecule has 0 saturated carbocycles. The molecule has 134 valence electrons. The number of hydrogen-bond acceptors (Lipinski definition) is 3. The molecule has 1 unspecified atom stereocenters. The van der Waals surface area contributed by atoms with Crippen molar-refractivity contribution in [1.29, 1.82) is 0 Å². The fraction of sp³-hybridized carbons (Fsp3) is 0.368. The van der Waals surface area contributed by atoms with E-state index < -0.39 is 0 Å². The Labute approximate surface area is 146 Å². The van der Waals surface area contributed by atoms with Crippen LogP contribution < -0.4 is 5.56 Å². The number of pyridine rings is 1. The normalized spacial score (nSPS) is 12.0. The van der Waals surface area contributed by atoms with Gasteiger partial charge < -0.3 is 14.2 Å². The number of aromatic nitrogens is 1. The molecule has 0 aliphatic carbocycles. The first kappa shape index (κ1) is 18.9. The van der Waals surface area contributed by atoms with E-state index in [0.717, 1.165) is 5.56 Å². The van der Waals surface area contributed by atoms with Gasteiger partial charge in [-0.25, -0.2) is 4.39 Å². The summed E-state index contributed by atoms with van der Waals surface area (Å²) in [6.07, 6.45) is 1.62. The van der Waals surface area contributed by atoms with Crippen LogP contribution in [0.1, 0.15) is 29.8 Å². The van der Waals surface area contributed by atoms with Crippen LogP contribution in [0.25, 0.3) is 0 Å². The largest absolute Gasteiger partial charge is 0.383 e. The lowest BCUT2D eigenvalue weighted by Gasteiger charge is -2.29. The molecule has 1 aromatic carbocycles. The minimum Gasteiger partial charge on any atom is -0.383 e. The average Bonchev–Trinajstić information content (AvgIpc) is 2.60. The summed E-state index contributed by atoms with van der Waals surface area (Å²) in [6, 6.07) is 8.81. The molecule has 2 rings (SSSR count). The van der Waals surface area contributed by atoms with E-state index in [1.54, 1.807) is 36.4 Å². The predicted octanol–water partition coefficient (Wildman–Crippen LogP) is 2.68.